The van der Waals surface area contributed by atoms with Gasteiger partial charge in [-0.05, 0) is 74.8 Å². The molecule has 65 heavy (non-hydrogen) atoms. The van der Waals surface area contributed by atoms with Crippen LogP contribution in [0.2, 0.25) is 0 Å². The van der Waals surface area contributed by atoms with E-state index in [1.54, 1.807) is 36.8 Å². The summed E-state index contributed by atoms with van der Waals surface area (Å²) in [6.07, 6.45) is 5.72. The Balaban J connectivity index is 1.58. The van der Waals surface area contributed by atoms with Gasteiger partial charge in [-0.2, -0.15) is 0 Å². The van der Waals surface area contributed by atoms with Crippen molar-refractivity contribution in [1.29, 1.82) is 0 Å². The number of likely N-dealkylation sites (tertiary alicyclic amines) is 1. The van der Waals surface area contributed by atoms with E-state index in [-0.39, 0.29) is 43.6 Å². The number of primary amides is 1. The van der Waals surface area contributed by atoms with E-state index >= 15 is 0 Å². The van der Waals surface area contributed by atoms with Crippen LogP contribution >= 0.6 is 0 Å². The van der Waals surface area contributed by atoms with E-state index in [2.05, 4.69) is 59.2 Å². The van der Waals surface area contributed by atoms with Crippen LogP contribution in [0.1, 0.15) is 110 Å². The van der Waals surface area contributed by atoms with E-state index in [0.29, 0.717) is 31.5 Å². The summed E-state index contributed by atoms with van der Waals surface area (Å²) in [7, 11) is 0. The van der Waals surface area contributed by atoms with Crippen LogP contribution in [0.5, 0.6) is 0 Å². The number of aromatic nitrogens is 2. The Hall–Kier alpha value is -6.10. The molecule has 1 aliphatic heterocycles. The SMILES string of the molecule is CCC(CC(C)(C)n1cncc1CC(NC(=O)C(CC(C)C)NC(=O)C1CCCN1C(C)=O)C(=O)NC(CO)C(=O)NC(C(N)=O)C(C)CC(=O)OCc1ccccc1)c1ccccc1. The smallest absolute Gasteiger partial charge is 0.306 e. The Morgan fingerprint density at radius 2 is 1.49 bits per heavy atom. The van der Waals surface area contributed by atoms with Crippen molar-refractivity contribution in [2.75, 3.05) is 13.2 Å². The maximum atomic E-state index is 14.4. The molecule has 354 valence electrons. The summed E-state index contributed by atoms with van der Waals surface area (Å²) in [5.41, 5.74) is 7.66. The van der Waals surface area contributed by atoms with Gasteiger partial charge < -0.3 is 46.3 Å². The lowest BCUT2D eigenvalue weighted by Crippen LogP contribution is -2.60. The fourth-order valence-corrected chi connectivity index (χ4v) is 8.41. The maximum Gasteiger partial charge on any atom is 0.306 e. The third-order valence-corrected chi connectivity index (χ3v) is 11.9. The third kappa shape index (κ3) is 15.0. The number of aliphatic hydroxyl groups excluding tert-OH is 1. The highest BCUT2D eigenvalue weighted by atomic mass is 16.5. The van der Waals surface area contributed by atoms with Gasteiger partial charge in [-0.3, -0.25) is 33.6 Å². The van der Waals surface area contributed by atoms with E-state index < -0.39 is 83.8 Å². The second-order valence-electron chi connectivity index (χ2n) is 18.1. The predicted molar refractivity (Wildman–Crippen MR) is 243 cm³/mol. The molecule has 2 heterocycles. The number of carbonyl (C=O) groups excluding carboxylic acids is 7. The second kappa shape index (κ2) is 24.3. The number of nitrogens with zero attached hydrogens (tertiary/aromatic N) is 3. The zero-order valence-electron chi connectivity index (χ0n) is 38.8. The first kappa shape index (κ1) is 51.5. The summed E-state index contributed by atoms with van der Waals surface area (Å²) < 4.78 is 7.30. The molecule has 0 bridgehead atoms. The fraction of sp³-hybridized carbons (Fsp3) is 0.542. The number of benzene rings is 2. The van der Waals surface area contributed by atoms with E-state index in [1.165, 1.54) is 24.3 Å². The molecule has 7 unspecified atom stereocenters. The largest absolute Gasteiger partial charge is 0.461 e. The zero-order chi connectivity index (χ0) is 47.8. The van der Waals surface area contributed by atoms with Crippen LogP contribution in [0.15, 0.2) is 73.2 Å². The highest BCUT2D eigenvalue weighted by Gasteiger charge is 2.37. The van der Waals surface area contributed by atoms with Gasteiger partial charge in [0.2, 0.25) is 35.4 Å². The van der Waals surface area contributed by atoms with Crippen LogP contribution in [0.25, 0.3) is 0 Å². The number of nitrogens with one attached hydrogen (secondary N) is 4. The van der Waals surface area contributed by atoms with Gasteiger partial charge in [0.1, 0.15) is 36.8 Å². The number of aliphatic hydroxyl groups is 1. The molecule has 6 amide bonds. The molecule has 0 saturated carbocycles. The molecular formula is C48H68N8O9. The summed E-state index contributed by atoms with van der Waals surface area (Å²) in [4.78, 5) is 99.5. The topological polar surface area (TPSA) is 244 Å². The maximum absolute atomic E-state index is 14.4. The molecule has 0 spiro atoms. The summed E-state index contributed by atoms with van der Waals surface area (Å²) in [6.45, 7) is 12.4. The summed E-state index contributed by atoms with van der Waals surface area (Å²) in [5.74, 6) is -5.53. The Labute approximate surface area is 382 Å². The van der Waals surface area contributed by atoms with Crippen molar-refractivity contribution in [3.05, 3.63) is 90.0 Å². The number of ether oxygens (including phenoxy) is 1. The van der Waals surface area contributed by atoms with Crippen molar-refractivity contribution in [2.24, 2.45) is 17.6 Å². The standard InChI is InChI=1S/C48H68N8O9/c1-8-34(35-18-13-10-14-19-35)25-48(6,7)56-29-50-26-36(56)24-38(51-44(61)37(22-30(2)3)52-47(64)40-20-15-21-55(40)32(5)58)45(62)53-39(27-57)46(63)54-42(43(49)60)31(4)23-41(59)65-28-33-16-11-9-12-17-33/h9-14,16-19,26,29-31,34,37-40,42,57H,8,15,20-25,27-28H2,1-7H3,(H2,49,60)(H,51,61)(H,52,64)(H,53,62)(H,54,63). The number of nitrogens with two attached hydrogens (primary N) is 1. The van der Waals surface area contributed by atoms with Gasteiger partial charge in [-0.25, -0.2) is 4.98 Å². The minimum atomic E-state index is -1.62. The minimum Gasteiger partial charge on any atom is -0.461 e. The van der Waals surface area contributed by atoms with Crippen LogP contribution in [-0.4, -0.2) is 104 Å². The lowest BCUT2D eigenvalue weighted by molar-refractivity contribution is -0.146. The van der Waals surface area contributed by atoms with Crippen molar-refractivity contribution >= 4 is 41.4 Å². The van der Waals surface area contributed by atoms with Crippen molar-refractivity contribution in [2.45, 2.75) is 142 Å². The molecule has 7 atom stereocenters. The average molecular weight is 901 g/mol. The number of hydrogen-bond donors (Lipinski definition) is 6. The molecule has 17 nitrogen and oxygen atoms in total. The number of imidazole rings is 1. The van der Waals surface area contributed by atoms with E-state index in [9.17, 15) is 38.7 Å². The quantitative estimate of drug-likeness (QED) is 0.0718. The van der Waals surface area contributed by atoms with Crippen LogP contribution in [-0.2, 0) is 56.9 Å². The molecule has 7 N–H and O–H groups in total. The minimum absolute atomic E-state index is 0.00508. The molecule has 0 aliphatic carbocycles. The highest BCUT2D eigenvalue weighted by molar-refractivity contribution is 5.96. The molecule has 1 fully saturated rings. The molecule has 17 heteroatoms. The van der Waals surface area contributed by atoms with Gasteiger partial charge in [0.05, 0.1) is 19.4 Å². The number of hydrogen-bond acceptors (Lipinski definition) is 10. The van der Waals surface area contributed by atoms with Gasteiger partial charge in [-0.1, -0.05) is 88.4 Å². The van der Waals surface area contributed by atoms with E-state index in [1.807, 2.05) is 42.7 Å². The van der Waals surface area contributed by atoms with Crippen LogP contribution in [0.4, 0.5) is 0 Å². The molecular weight excluding hydrogens is 833 g/mol. The first-order valence-electron chi connectivity index (χ1n) is 22.5. The van der Waals surface area contributed by atoms with Crippen molar-refractivity contribution in [1.82, 2.24) is 35.7 Å². The van der Waals surface area contributed by atoms with E-state index in [0.717, 1.165) is 12.0 Å². The molecule has 0 radical (unpaired) electrons. The number of amides is 6. The van der Waals surface area contributed by atoms with Gasteiger partial charge in [0, 0.05) is 37.3 Å². The molecule has 2 aromatic carbocycles. The third-order valence-electron chi connectivity index (χ3n) is 11.9. The summed E-state index contributed by atoms with van der Waals surface area (Å²) in [5, 5.41) is 21.1. The molecule has 1 saturated heterocycles. The molecule has 3 aromatic rings. The van der Waals surface area contributed by atoms with Crippen LogP contribution in [0.3, 0.4) is 0 Å². The van der Waals surface area contributed by atoms with Crippen LogP contribution < -0.4 is 27.0 Å². The van der Waals surface area contributed by atoms with Gasteiger partial charge >= 0.3 is 5.97 Å². The molecule has 1 aromatic heterocycles. The van der Waals surface area contributed by atoms with Crippen molar-refractivity contribution in [3.8, 4) is 0 Å². The van der Waals surface area contributed by atoms with Crippen LogP contribution in [0, 0.1) is 11.8 Å². The Kier molecular flexibility index (Phi) is 19.2. The summed E-state index contributed by atoms with van der Waals surface area (Å²) in [6, 6.07) is 12.9. The Morgan fingerprint density at radius 1 is 0.877 bits per heavy atom. The van der Waals surface area contributed by atoms with Gasteiger partial charge in [0.15, 0.2) is 0 Å². The Morgan fingerprint density at radius 3 is 2.09 bits per heavy atom. The zero-order valence-corrected chi connectivity index (χ0v) is 38.8. The average Bonchev–Trinajstić information content (AvgIpc) is 3.97. The predicted octanol–water partition coefficient (Wildman–Crippen LogP) is 2.99. The van der Waals surface area contributed by atoms with Crippen molar-refractivity contribution in [3.63, 3.8) is 0 Å². The van der Waals surface area contributed by atoms with Gasteiger partial charge in [-0.15, -0.1) is 0 Å². The number of rotatable bonds is 24. The normalized spacial score (nSPS) is 16.6. The van der Waals surface area contributed by atoms with Crippen molar-refractivity contribution < 1.29 is 43.4 Å². The lowest BCUT2D eigenvalue weighted by atomic mass is 9.84. The lowest BCUT2D eigenvalue weighted by Gasteiger charge is -2.33. The monoisotopic (exact) mass is 901 g/mol. The molecule has 4 rings (SSSR count). The first-order chi connectivity index (χ1) is 30.8. The first-order valence-corrected chi connectivity index (χ1v) is 22.5. The number of carbonyl (C=O) groups is 7. The highest BCUT2D eigenvalue weighted by Crippen LogP contribution is 2.34. The molecule has 1 aliphatic rings. The Bertz CT molecular complexity index is 2080. The number of esters is 1. The second-order valence-corrected chi connectivity index (χ2v) is 18.1. The van der Waals surface area contributed by atoms with E-state index in [4.69, 9.17) is 10.5 Å². The summed E-state index contributed by atoms with van der Waals surface area (Å²) >= 11 is 0. The van der Waals surface area contributed by atoms with Gasteiger partial charge in [0.25, 0.3) is 0 Å². The fourth-order valence-electron chi connectivity index (χ4n) is 8.41.